The van der Waals surface area contributed by atoms with Crippen molar-refractivity contribution in [3.05, 3.63) is 22.7 Å². The number of phosphoric acid groups is 3. The molecular weight excluding hydrogens is 463 g/mol. The van der Waals surface area contributed by atoms with Crippen LogP contribution in [0.15, 0.2) is 17.1 Å². The maximum atomic E-state index is 11.9. The largest absolute Gasteiger partial charge is 0.490 e. The molecule has 0 radical (unpaired) electrons. The van der Waals surface area contributed by atoms with Crippen molar-refractivity contribution in [3.8, 4) is 0 Å². The predicted octanol–water partition coefficient (Wildman–Crippen LogP) is -0.937. The Balaban J connectivity index is 2.05. The predicted molar refractivity (Wildman–Crippen MR) is 91.8 cm³/mol. The van der Waals surface area contributed by atoms with Crippen LogP contribution in [0.1, 0.15) is 13.2 Å². The van der Waals surface area contributed by atoms with Crippen molar-refractivity contribution in [2.24, 2.45) is 5.92 Å². The van der Waals surface area contributed by atoms with Gasteiger partial charge in [-0.25, -0.2) is 18.5 Å². The summed E-state index contributed by atoms with van der Waals surface area (Å²) in [5.74, 6) is -0.755. The summed E-state index contributed by atoms with van der Waals surface area (Å²) < 4.78 is 51.6. The van der Waals surface area contributed by atoms with Gasteiger partial charge in [0.15, 0.2) is 0 Å². The molecule has 166 valence electrons. The number of hydrogen-bond acceptors (Lipinski definition) is 11. The fourth-order valence-electron chi connectivity index (χ4n) is 2.44. The van der Waals surface area contributed by atoms with E-state index in [0.29, 0.717) is 0 Å². The second kappa shape index (κ2) is 8.63. The molecule has 7 N–H and O–H groups in total. The van der Waals surface area contributed by atoms with Crippen molar-refractivity contribution < 1.29 is 56.3 Å². The summed E-state index contributed by atoms with van der Waals surface area (Å²) in [6.07, 6.45) is -2.37. The minimum absolute atomic E-state index is 0.0401. The quantitative estimate of drug-likeness (QED) is 0.245. The fourth-order valence-corrected chi connectivity index (χ4v) is 5.47. The molecule has 0 bridgehead atoms. The average molecular weight is 481 g/mol. The van der Waals surface area contributed by atoms with Gasteiger partial charge in [0, 0.05) is 12.1 Å². The van der Waals surface area contributed by atoms with Gasteiger partial charge < -0.3 is 35.2 Å². The van der Waals surface area contributed by atoms with Gasteiger partial charge in [-0.15, -0.1) is 0 Å². The smallest absolute Gasteiger partial charge is 0.390 e. The summed E-state index contributed by atoms with van der Waals surface area (Å²) in [6.45, 7) is 0.645. The van der Waals surface area contributed by atoms with Gasteiger partial charge in [0.2, 0.25) is 0 Å². The highest BCUT2D eigenvalue weighted by atomic mass is 31.3. The van der Waals surface area contributed by atoms with E-state index in [1.54, 1.807) is 0 Å². The number of aliphatic hydroxyl groups is 1. The van der Waals surface area contributed by atoms with Gasteiger partial charge in [-0.2, -0.15) is 13.6 Å². The molecule has 2 heterocycles. The van der Waals surface area contributed by atoms with Gasteiger partial charge in [-0.3, -0.25) is 9.09 Å². The maximum absolute atomic E-state index is 11.9. The van der Waals surface area contributed by atoms with Crippen LogP contribution in [0, 0.1) is 5.92 Å². The second-order valence-electron chi connectivity index (χ2n) is 5.84. The average Bonchev–Trinajstić information content (AvgIpc) is 2.78. The fraction of sp³-hybridized carbons (Fsp3) is 0.600. The molecule has 0 aliphatic carbocycles. The SMILES string of the molecule is CC1C(O)[C@@H](COP(=O)(O)OP(=O)(O)OP(=O)(O)O)O[C@H]1n1ccc(N)nc1=O. The lowest BCUT2D eigenvalue weighted by molar-refractivity contribution is -0.0467. The van der Waals surface area contributed by atoms with Crippen LogP contribution in [0.3, 0.4) is 0 Å². The van der Waals surface area contributed by atoms with Crippen LogP contribution < -0.4 is 11.4 Å². The van der Waals surface area contributed by atoms with E-state index in [0.717, 1.165) is 4.57 Å². The normalized spacial score (nSPS) is 29.3. The number of aliphatic hydroxyl groups excluding tert-OH is 1. The first-order valence-corrected chi connectivity index (χ1v) is 12.1. The standard InChI is InChI=1S/C10H18N3O13P3/c1-5-8(14)6(24-9(5)13-3-2-7(11)12-10(13)15)4-23-28(19,20)26-29(21,22)25-27(16,17)18/h2-3,5-6,8-9,14H,4H2,1H3,(H,19,20)(H,21,22)(H2,11,12,15)(H2,16,17,18)/t5?,6-,8?,9-/m1/s1. The van der Waals surface area contributed by atoms with E-state index < -0.39 is 60.1 Å². The van der Waals surface area contributed by atoms with Gasteiger partial charge in [0.1, 0.15) is 18.1 Å². The molecule has 1 aromatic heterocycles. The zero-order chi connectivity index (χ0) is 22.2. The highest BCUT2D eigenvalue weighted by Crippen LogP contribution is 2.66. The van der Waals surface area contributed by atoms with Crippen molar-refractivity contribution >= 4 is 29.3 Å². The number of nitrogens with zero attached hydrogens (tertiary/aromatic N) is 2. The minimum Gasteiger partial charge on any atom is -0.390 e. The molecular formula is C10H18N3O13P3. The van der Waals surface area contributed by atoms with Crippen molar-refractivity contribution in [3.63, 3.8) is 0 Å². The van der Waals surface area contributed by atoms with Crippen LogP contribution in [-0.4, -0.2) is 53.0 Å². The molecule has 29 heavy (non-hydrogen) atoms. The lowest BCUT2D eigenvalue weighted by Crippen LogP contribution is -2.31. The van der Waals surface area contributed by atoms with Crippen molar-refractivity contribution in [2.45, 2.75) is 25.4 Å². The van der Waals surface area contributed by atoms with E-state index in [-0.39, 0.29) is 5.82 Å². The van der Waals surface area contributed by atoms with Crippen molar-refractivity contribution in [1.29, 1.82) is 0 Å². The Labute approximate surface area is 162 Å². The Bertz CT molecular complexity index is 946. The van der Waals surface area contributed by atoms with Crippen molar-refractivity contribution in [2.75, 3.05) is 12.3 Å². The topological polar surface area (TPSA) is 250 Å². The number of phosphoric ester groups is 1. The summed E-state index contributed by atoms with van der Waals surface area (Å²) in [5.41, 5.74) is 4.61. The van der Waals surface area contributed by atoms with Crippen LogP contribution in [0.2, 0.25) is 0 Å². The summed E-state index contributed by atoms with van der Waals surface area (Å²) in [7, 11) is -16.6. The molecule has 1 aliphatic rings. The highest BCUT2D eigenvalue weighted by Gasteiger charge is 2.45. The summed E-state index contributed by atoms with van der Waals surface area (Å²) in [4.78, 5) is 50.9. The number of ether oxygens (including phenoxy) is 1. The zero-order valence-electron chi connectivity index (χ0n) is 14.5. The molecule has 0 aromatic carbocycles. The van der Waals surface area contributed by atoms with Gasteiger partial charge in [0.05, 0.1) is 12.7 Å². The molecule has 4 unspecified atom stereocenters. The number of anilines is 1. The van der Waals surface area contributed by atoms with E-state index in [2.05, 4.69) is 18.1 Å². The van der Waals surface area contributed by atoms with Gasteiger partial charge >= 0.3 is 29.2 Å². The second-order valence-corrected chi connectivity index (χ2v) is 10.3. The van der Waals surface area contributed by atoms with Crippen LogP contribution in [0.4, 0.5) is 5.82 Å². The van der Waals surface area contributed by atoms with Gasteiger partial charge in [-0.1, -0.05) is 6.92 Å². The molecule has 1 saturated heterocycles. The monoisotopic (exact) mass is 481 g/mol. The van der Waals surface area contributed by atoms with Crippen LogP contribution in [0.25, 0.3) is 0 Å². The zero-order valence-corrected chi connectivity index (χ0v) is 17.2. The third kappa shape index (κ3) is 6.76. The molecule has 1 fully saturated rings. The molecule has 6 atom stereocenters. The molecule has 1 aromatic rings. The number of nitrogens with two attached hydrogens (primary N) is 1. The lowest BCUT2D eigenvalue weighted by Gasteiger charge is -2.19. The molecule has 0 spiro atoms. The van der Waals surface area contributed by atoms with E-state index in [4.69, 9.17) is 25.2 Å². The van der Waals surface area contributed by atoms with Crippen molar-refractivity contribution in [1.82, 2.24) is 9.55 Å². The van der Waals surface area contributed by atoms with Crippen LogP contribution >= 0.6 is 23.5 Å². The third-order valence-corrected chi connectivity index (χ3v) is 7.43. The van der Waals surface area contributed by atoms with E-state index in [1.165, 1.54) is 19.2 Å². The minimum atomic E-state index is -5.67. The van der Waals surface area contributed by atoms with Crippen LogP contribution in [0.5, 0.6) is 0 Å². The summed E-state index contributed by atoms with van der Waals surface area (Å²) >= 11 is 0. The number of aromatic nitrogens is 2. The molecule has 16 nitrogen and oxygen atoms in total. The van der Waals surface area contributed by atoms with Crippen LogP contribution in [-0.2, 0) is 31.6 Å². The molecule has 0 saturated carbocycles. The molecule has 19 heteroatoms. The first-order chi connectivity index (χ1) is 13.1. The molecule has 0 amide bonds. The Morgan fingerprint density at radius 3 is 2.38 bits per heavy atom. The van der Waals surface area contributed by atoms with E-state index in [1.807, 2.05) is 0 Å². The summed E-state index contributed by atoms with van der Waals surface area (Å²) in [6, 6.07) is 1.31. The van der Waals surface area contributed by atoms with Gasteiger partial charge in [-0.05, 0) is 6.07 Å². The van der Waals surface area contributed by atoms with E-state index in [9.17, 15) is 28.5 Å². The van der Waals surface area contributed by atoms with E-state index >= 15 is 0 Å². The Morgan fingerprint density at radius 1 is 1.21 bits per heavy atom. The maximum Gasteiger partial charge on any atom is 0.490 e. The first kappa shape index (κ1) is 24.3. The molecule has 2 rings (SSSR count). The highest BCUT2D eigenvalue weighted by molar-refractivity contribution is 7.66. The number of hydrogen-bond donors (Lipinski definition) is 6. The number of rotatable bonds is 8. The third-order valence-electron chi connectivity index (χ3n) is 3.63. The Kier molecular flexibility index (Phi) is 7.23. The number of nitrogen functional groups attached to an aromatic ring is 1. The lowest BCUT2D eigenvalue weighted by atomic mass is 10.0. The first-order valence-electron chi connectivity index (χ1n) is 7.57. The Hall–Kier alpha value is -0.990. The Morgan fingerprint density at radius 2 is 1.83 bits per heavy atom. The van der Waals surface area contributed by atoms with Gasteiger partial charge in [0.25, 0.3) is 0 Å². The molecule has 1 aliphatic heterocycles. The summed E-state index contributed by atoms with van der Waals surface area (Å²) in [5, 5.41) is 10.2.